The first-order valence-electron chi connectivity index (χ1n) is 6.67. The smallest absolute Gasteiger partial charge is 0.141 e. The lowest BCUT2D eigenvalue weighted by atomic mass is 10.1. The molecule has 2 aromatic rings. The molecule has 20 heavy (non-hydrogen) atoms. The third-order valence-corrected chi connectivity index (χ3v) is 3.26. The van der Waals surface area contributed by atoms with Gasteiger partial charge in [-0.25, -0.2) is 4.39 Å². The second kappa shape index (κ2) is 6.48. The minimum absolute atomic E-state index is 0.0872. The van der Waals surface area contributed by atoms with Gasteiger partial charge in [0.15, 0.2) is 0 Å². The summed E-state index contributed by atoms with van der Waals surface area (Å²) in [5.74, 6) is -0.305. The molecule has 1 atom stereocenters. The molecule has 0 spiro atoms. The molecule has 3 nitrogen and oxygen atoms in total. The van der Waals surface area contributed by atoms with Gasteiger partial charge in [-0.05, 0) is 36.8 Å². The molecule has 1 aromatic carbocycles. The second-order valence-corrected chi connectivity index (χ2v) is 5.06. The van der Waals surface area contributed by atoms with Crippen molar-refractivity contribution in [1.82, 2.24) is 10.3 Å². The first kappa shape index (κ1) is 14.5. The monoisotopic (exact) mass is 273 g/mol. The average Bonchev–Trinajstić information content (AvgIpc) is 2.46. The van der Waals surface area contributed by atoms with Crippen LogP contribution in [-0.4, -0.2) is 19.1 Å². The Morgan fingerprint density at radius 1 is 1.15 bits per heavy atom. The normalized spacial score (nSPS) is 12.2. The quantitative estimate of drug-likeness (QED) is 0.907. The Morgan fingerprint density at radius 2 is 1.85 bits per heavy atom. The van der Waals surface area contributed by atoms with Crippen LogP contribution in [0.2, 0.25) is 0 Å². The molecule has 106 valence electrons. The number of nitrogens with one attached hydrogen (secondary N) is 1. The van der Waals surface area contributed by atoms with Crippen LogP contribution in [0.25, 0.3) is 0 Å². The molecule has 0 radical (unpaired) electrons. The number of pyridine rings is 1. The van der Waals surface area contributed by atoms with Crippen molar-refractivity contribution in [3.8, 4) is 0 Å². The van der Waals surface area contributed by atoms with Gasteiger partial charge in [0.1, 0.15) is 5.82 Å². The molecule has 1 unspecified atom stereocenters. The number of hydrogen-bond acceptors (Lipinski definition) is 3. The minimum atomic E-state index is -0.305. The largest absolute Gasteiger partial charge is 0.378 e. The lowest BCUT2D eigenvalue weighted by molar-refractivity contribution is 0.554. The van der Waals surface area contributed by atoms with Gasteiger partial charge in [0.05, 0.1) is 11.9 Å². The molecular weight excluding hydrogens is 253 g/mol. The van der Waals surface area contributed by atoms with Gasteiger partial charge in [0, 0.05) is 32.4 Å². The van der Waals surface area contributed by atoms with Crippen molar-refractivity contribution in [3.05, 3.63) is 59.7 Å². The van der Waals surface area contributed by atoms with E-state index >= 15 is 0 Å². The molecule has 0 aliphatic rings. The van der Waals surface area contributed by atoms with E-state index in [1.54, 1.807) is 6.07 Å². The summed E-state index contributed by atoms with van der Waals surface area (Å²) in [6.07, 6.45) is 1.25. The zero-order valence-corrected chi connectivity index (χ0v) is 12.1. The topological polar surface area (TPSA) is 28.2 Å². The first-order valence-corrected chi connectivity index (χ1v) is 6.67. The second-order valence-electron chi connectivity index (χ2n) is 5.06. The highest BCUT2D eigenvalue weighted by Crippen LogP contribution is 2.14. The Bertz CT molecular complexity index is 535. The number of nitrogens with zero attached hydrogens (tertiary/aromatic N) is 2. The summed E-state index contributed by atoms with van der Waals surface area (Å²) in [7, 11) is 4.05. The molecule has 0 bridgehead atoms. The predicted molar refractivity (Wildman–Crippen MR) is 80.2 cm³/mol. The number of anilines is 1. The first-order chi connectivity index (χ1) is 9.56. The van der Waals surface area contributed by atoms with Crippen LogP contribution in [0.15, 0.2) is 42.6 Å². The summed E-state index contributed by atoms with van der Waals surface area (Å²) < 4.78 is 12.8. The molecule has 1 N–H and O–H groups in total. The maximum atomic E-state index is 12.8. The van der Waals surface area contributed by atoms with Crippen molar-refractivity contribution in [3.63, 3.8) is 0 Å². The molecule has 0 saturated carbocycles. The standard InChI is InChI=1S/C16H20FN3/c1-12(16-9-6-14(17)11-19-16)18-10-13-4-7-15(8-5-13)20(2)3/h4-9,11-12,18H,10H2,1-3H3. The molecular formula is C16H20FN3. The molecule has 1 heterocycles. The fourth-order valence-electron chi connectivity index (χ4n) is 1.93. The van der Waals surface area contributed by atoms with E-state index in [-0.39, 0.29) is 11.9 Å². The molecule has 1 aromatic heterocycles. The van der Waals surface area contributed by atoms with Crippen molar-refractivity contribution < 1.29 is 4.39 Å². The van der Waals surface area contributed by atoms with Crippen molar-refractivity contribution in [1.29, 1.82) is 0 Å². The molecule has 0 saturated heterocycles. The summed E-state index contributed by atoms with van der Waals surface area (Å²) in [5, 5.41) is 3.38. The summed E-state index contributed by atoms with van der Waals surface area (Å²) in [4.78, 5) is 6.16. The SMILES string of the molecule is CC(NCc1ccc(N(C)C)cc1)c1ccc(F)cn1. The molecule has 0 amide bonds. The van der Waals surface area contributed by atoms with Gasteiger partial charge in [-0.2, -0.15) is 0 Å². The summed E-state index contributed by atoms with van der Waals surface area (Å²) in [6.45, 7) is 2.78. The van der Waals surface area contributed by atoms with E-state index < -0.39 is 0 Å². The van der Waals surface area contributed by atoms with Crippen LogP contribution in [0.1, 0.15) is 24.2 Å². The Hall–Kier alpha value is -1.94. The third kappa shape index (κ3) is 3.78. The number of benzene rings is 1. The van der Waals surface area contributed by atoms with Gasteiger partial charge >= 0.3 is 0 Å². The lowest BCUT2D eigenvalue weighted by Crippen LogP contribution is -2.19. The number of halogens is 1. The predicted octanol–water partition coefficient (Wildman–Crippen LogP) is 3.14. The summed E-state index contributed by atoms with van der Waals surface area (Å²) >= 11 is 0. The van der Waals surface area contributed by atoms with Crippen LogP contribution in [0.3, 0.4) is 0 Å². The highest BCUT2D eigenvalue weighted by Gasteiger charge is 2.06. The van der Waals surface area contributed by atoms with Gasteiger partial charge in [0.25, 0.3) is 0 Å². The molecule has 0 aliphatic carbocycles. The average molecular weight is 273 g/mol. The summed E-state index contributed by atoms with van der Waals surface area (Å²) in [6, 6.07) is 11.6. The third-order valence-electron chi connectivity index (χ3n) is 3.26. The molecule has 0 aliphatic heterocycles. The Balaban J connectivity index is 1.92. The zero-order chi connectivity index (χ0) is 14.5. The molecule has 0 fully saturated rings. The van der Waals surface area contributed by atoms with Crippen LogP contribution >= 0.6 is 0 Å². The van der Waals surface area contributed by atoms with Crippen LogP contribution in [-0.2, 0) is 6.54 Å². The van der Waals surface area contributed by atoms with Gasteiger partial charge in [-0.1, -0.05) is 12.1 Å². The van der Waals surface area contributed by atoms with E-state index in [2.05, 4.69) is 39.5 Å². The highest BCUT2D eigenvalue weighted by atomic mass is 19.1. The van der Waals surface area contributed by atoms with E-state index in [4.69, 9.17) is 0 Å². The van der Waals surface area contributed by atoms with Crippen LogP contribution < -0.4 is 10.2 Å². The minimum Gasteiger partial charge on any atom is -0.378 e. The highest BCUT2D eigenvalue weighted by molar-refractivity contribution is 5.45. The van der Waals surface area contributed by atoms with Crippen LogP contribution in [0.4, 0.5) is 10.1 Å². The Morgan fingerprint density at radius 3 is 2.40 bits per heavy atom. The van der Waals surface area contributed by atoms with E-state index in [1.165, 1.54) is 23.5 Å². The fourth-order valence-corrected chi connectivity index (χ4v) is 1.93. The number of hydrogen-bond donors (Lipinski definition) is 1. The van der Waals surface area contributed by atoms with Crippen molar-refractivity contribution in [2.24, 2.45) is 0 Å². The Labute approximate surface area is 119 Å². The van der Waals surface area contributed by atoms with E-state index in [0.29, 0.717) is 0 Å². The number of aromatic nitrogens is 1. The summed E-state index contributed by atoms with van der Waals surface area (Å²) in [5.41, 5.74) is 3.24. The van der Waals surface area contributed by atoms with Crippen molar-refractivity contribution >= 4 is 5.69 Å². The van der Waals surface area contributed by atoms with Gasteiger partial charge < -0.3 is 10.2 Å². The van der Waals surface area contributed by atoms with Crippen LogP contribution in [0.5, 0.6) is 0 Å². The molecule has 2 rings (SSSR count). The van der Waals surface area contributed by atoms with E-state index in [1.807, 2.05) is 21.0 Å². The van der Waals surface area contributed by atoms with Crippen LogP contribution in [0, 0.1) is 5.82 Å². The van der Waals surface area contributed by atoms with E-state index in [0.717, 1.165) is 12.2 Å². The maximum Gasteiger partial charge on any atom is 0.141 e. The zero-order valence-electron chi connectivity index (χ0n) is 12.1. The fraction of sp³-hybridized carbons (Fsp3) is 0.312. The van der Waals surface area contributed by atoms with Gasteiger partial charge in [-0.15, -0.1) is 0 Å². The number of rotatable bonds is 5. The Kier molecular flexibility index (Phi) is 4.69. The maximum absolute atomic E-state index is 12.8. The van der Waals surface area contributed by atoms with Crippen molar-refractivity contribution in [2.45, 2.75) is 19.5 Å². The van der Waals surface area contributed by atoms with Crippen molar-refractivity contribution in [2.75, 3.05) is 19.0 Å². The van der Waals surface area contributed by atoms with E-state index in [9.17, 15) is 4.39 Å². The molecule has 4 heteroatoms. The van der Waals surface area contributed by atoms with Gasteiger partial charge in [-0.3, -0.25) is 4.98 Å². The van der Waals surface area contributed by atoms with Gasteiger partial charge in [0.2, 0.25) is 0 Å². The lowest BCUT2D eigenvalue weighted by Gasteiger charge is -2.15.